The van der Waals surface area contributed by atoms with Gasteiger partial charge in [-0.1, -0.05) is 36.9 Å². The van der Waals surface area contributed by atoms with E-state index < -0.39 is 0 Å². The van der Waals surface area contributed by atoms with Crippen LogP contribution < -0.4 is 4.74 Å². The van der Waals surface area contributed by atoms with Gasteiger partial charge in [0.15, 0.2) is 10.9 Å². The average Bonchev–Trinajstić information content (AvgIpc) is 3.35. The highest BCUT2D eigenvalue weighted by molar-refractivity contribution is 8.14. The molecule has 3 aromatic rings. The van der Waals surface area contributed by atoms with Gasteiger partial charge in [-0.05, 0) is 36.8 Å². The fraction of sp³-hybridized carbons (Fsp3) is 0.304. The molecule has 0 bridgehead atoms. The predicted molar refractivity (Wildman–Crippen MR) is 120 cm³/mol. The molecular weight excluding hydrogens is 400 g/mol. The van der Waals surface area contributed by atoms with E-state index in [1.54, 1.807) is 30.9 Å². The van der Waals surface area contributed by atoms with Crippen LogP contribution in [0.5, 0.6) is 5.75 Å². The fourth-order valence-corrected chi connectivity index (χ4v) is 4.81. The molecule has 1 aliphatic rings. The first-order chi connectivity index (χ1) is 14.7. The number of hydrogen-bond donors (Lipinski definition) is 0. The number of carbonyl (C=O) groups excluding carboxylic acids is 1. The second-order valence-electron chi connectivity index (χ2n) is 6.98. The van der Waals surface area contributed by atoms with Gasteiger partial charge in [0.1, 0.15) is 11.3 Å². The number of carbonyl (C=O) groups is 1. The van der Waals surface area contributed by atoms with Crippen molar-refractivity contribution < 1.29 is 18.7 Å². The number of rotatable bonds is 6. The zero-order valence-electron chi connectivity index (χ0n) is 17.3. The fourth-order valence-electron chi connectivity index (χ4n) is 3.55. The van der Waals surface area contributed by atoms with Crippen molar-refractivity contribution in [2.75, 3.05) is 20.0 Å². The third-order valence-corrected chi connectivity index (χ3v) is 6.24. The second kappa shape index (κ2) is 8.93. The molecule has 7 heteroatoms. The van der Waals surface area contributed by atoms with Crippen molar-refractivity contribution in [3.05, 3.63) is 59.9 Å². The van der Waals surface area contributed by atoms with Crippen molar-refractivity contribution in [2.24, 2.45) is 4.99 Å². The first kappa shape index (κ1) is 20.5. The van der Waals surface area contributed by atoms with Crippen molar-refractivity contribution in [3.8, 4) is 5.75 Å². The molecular formula is C23H24N2O4S. The zero-order valence-corrected chi connectivity index (χ0v) is 18.1. The van der Waals surface area contributed by atoms with E-state index in [-0.39, 0.29) is 11.9 Å². The number of amides is 1. The quantitative estimate of drug-likeness (QED) is 0.541. The minimum absolute atomic E-state index is 0.0584. The summed E-state index contributed by atoms with van der Waals surface area (Å²) < 4.78 is 16.6. The number of hydrogen-bond acceptors (Lipinski definition) is 6. The number of nitrogens with zero attached hydrogens (tertiary/aromatic N) is 2. The van der Waals surface area contributed by atoms with Crippen molar-refractivity contribution in [3.63, 3.8) is 0 Å². The third kappa shape index (κ3) is 3.82. The summed E-state index contributed by atoms with van der Waals surface area (Å²) in [7, 11) is 3.25. The maximum Gasteiger partial charge on any atom is 0.296 e. The van der Waals surface area contributed by atoms with E-state index in [0.29, 0.717) is 23.1 Å². The Bertz CT molecular complexity index is 1070. The number of furan rings is 1. The van der Waals surface area contributed by atoms with E-state index in [2.05, 4.69) is 6.92 Å². The largest absolute Gasteiger partial charge is 0.497 e. The summed E-state index contributed by atoms with van der Waals surface area (Å²) in [6.45, 7) is 2.39. The number of para-hydroxylation sites is 1. The van der Waals surface area contributed by atoms with E-state index >= 15 is 0 Å². The summed E-state index contributed by atoms with van der Waals surface area (Å²) >= 11 is 1.59. The molecule has 1 amide bonds. The summed E-state index contributed by atoms with van der Waals surface area (Å²) in [5.74, 6) is 1.71. The molecule has 30 heavy (non-hydrogen) atoms. The maximum absolute atomic E-state index is 13.6. The van der Waals surface area contributed by atoms with Crippen LogP contribution in [0.2, 0.25) is 0 Å². The Morgan fingerprint density at radius 1 is 1.20 bits per heavy atom. The number of amidine groups is 1. The molecule has 6 nitrogen and oxygen atoms in total. The smallest absolute Gasteiger partial charge is 0.296 e. The maximum atomic E-state index is 13.6. The molecule has 1 fully saturated rings. The Kier molecular flexibility index (Phi) is 6.11. The Morgan fingerprint density at radius 2 is 1.97 bits per heavy atom. The molecule has 4 rings (SSSR count). The molecule has 0 saturated carbocycles. The molecule has 2 aromatic carbocycles. The number of thioether (sulfide) groups is 1. The highest BCUT2D eigenvalue weighted by atomic mass is 32.2. The lowest BCUT2D eigenvalue weighted by atomic mass is 10.1. The molecule has 1 aliphatic heterocycles. The summed E-state index contributed by atoms with van der Waals surface area (Å²) in [4.78, 5) is 20.2. The Hall–Kier alpha value is -2.77. The number of fused-ring (bicyclic) bond motifs is 1. The van der Waals surface area contributed by atoms with Crippen LogP contribution in [0, 0.1) is 0 Å². The van der Waals surface area contributed by atoms with E-state index in [1.165, 1.54) is 0 Å². The van der Waals surface area contributed by atoms with Gasteiger partial charge in [-0.15, -0.1) is 0 Å². The molecule has 0 N–H and O–H groups in total. The summed E-state index contributed by atoms with van der Waals surface area (Å²) in [6, 6.07) is 15.2. The van der Waals surface area contributed by atoms with Crippen molar-refractivity contribution in [1.82, 2.24) is 4.90 Å². The number of benzene rings is 2. The molecule has 0 radical (unpaired) electrons. The van der Waals surface area contributed by atoms with Crippen LogP contribution in [0.15, 0.2) is 57.9 Å². The number of aliphatic imine (C=N–C) groups is 1. The summed E-state index contributed by atoms with van der Waals surface area (Å²) in [5, 5.41) is 1.58. The average molecular weight is 425 g/mol. The molecule has 0 aliphatic carbocycles. The van der Waals surface area contributed by atoms with Crippen LogP contribution in [0.3, 0.4) is 0 Å². The van der Waals surface area contributed by atoms with Gasteiger partial charge in [-0.25, -0.2) is 4.99 Å². The highest BCUT2D eigenvalue weighted by Gasteiger charge is 2.37. The number of ether oxygens (including phenoxy) is 2. The van der Waals surface area contributed by atoms with E-state index in [1.807, 2.05) is 48.5 Å². The molecule has 1 saturated heterocycles. The highest BCUT2D eigenvalue weighted by Crippen LogP contribution is 2.34. The standard InChI is InChI=1S/C23H24N2O4S/c1-4-16-14-30-23(24-15-9-11-17(28-3)12-10-15)25(16)22(26)21-19(13-27-2)18-7-5-6-8-20(18)29-21/h5-12,16H,4,13-14H2,1-3H3. The molecule has 1 unspecified atom stereocenters. The van der Waals surface area contributed by atoms with Crippen LogP contribution in [0.25, 0.3) is 11.0 Å². The topological polar surface area (TPSA) is 64.3 Å². The Labute approximate surface area is 179 Å². The molecule has 156 valence electrons. The second-order valence-corrected chi connectivity index (χ2v) is 7.97. The SMILES string of the molecule is CCC1CSC(=Nc2ccc(OC)cc2)N1C(=O)c1oc2ccccc2c1COC. The molecule has 1 atom stereocenters. The van der Waals surface area contributed by atoms with Gasteiger partial charge in [-0.3, -0.25) is 9.69 Å². The van der Waals surface area contributed by atoms with Gasteiger partial charge >= 0.3 is 0 Å². The summed E-state index contributed by atoms with van der Waals surface area (Å²) in [6.07, 6.45) is 0.834. The monoisotopic (exact) mass is 424 g/mol. The van der Waals surface area contributed by atoms with Crippen molar-refractivity contribution >= 4 is 39.5 Å². The van der Waals surface area contributed by atoms with Crippen LogP contribution in [0.4, 0.5) is 5.69 Å². The lowest BCUT2D eigenvalue weighted by Gasteiger charge is -2.22. The van der Waals surface area contributed by atoms with Gasteiger partial charge in [0.05, 0.1) is 19.4 Å². The van der Waals surface area contributed by atoms with Gasteiger partial charge < -0.3 is 13.9 Å². The lowest BCUT2D eigenvalue weighted by Crippen LogP contribution is -2.39. The first-order valence-corrected chi connectivity index (χ1v) is 10.8. The predicted octanol–water partition coefficient (Wildman–Crippen LogP) is 5.24. The van der Waals surface area contributed by atoms with Crippen LogP contribution in [-0.4, -0.2) is 42.0 Å². The Morgan fingerprint density at radius 3 is 2.67 bits per heavy atom. The van der Waals surface area contributed by atoms with E-state index in [4.69, 9.17) is 18.9 Å². The van der Waals surface area contributed by atoms with E-state index in [0.717, 1.165) is 34.6 Å². The van der Waals surface area contributed by atoms with Crippen molar-refractivity contribution in [1.29, 1.82) is 0 Å². The van der Waals surface area contributed by atoms with Gasteiger partial charge in [0.2, 0.25) is 0 Å². The first-order valence-electron chi connectivity index (χ1n) is 9.84. The van der Waals surface area contributed by atoms with Crippen LogP contribution >= 0.6 is 11.8 Å². The van der Waals surface area contributed by atoms with Crippen molar-refractivity contribution in [2.45, 2.75) is 26.0 Å². The third-order valence-electron chi connectivity index (χ3n) is 5.14. The van der Waals surface area contributed by atoms with Gasteiger partial charge in [0.25, 0.3) is 5.91 Å². The molecule has 0 spiro atoms. The van der Waals surface area contributed by atoms with Gasteiger partial charge in [0, 0.05) is 29.9 Å². The van der Waals surface area contributed by atoms with E-state index in [9.17, 15) is 4.79 Å². The number of methoxy groups -OCH3 is 2. The Balaban J connectivity index is 1.73. The minimum Gasteiger partial charge on any atom is -0.497 e. The van der Waals surface area contributed by atoms with Crippen LogP contribution in [0.1, 0.15) is 29.5 Å². The molecule has 2 heterocycles. The summed E-state index contributed by atoms with van der Waals surface area (Å²) in [5.41, 5.74) is 2.23. The minimum atomic E-state index is -0.178. The normalized spacial score (nSPS) is 17.8. The van der Waals surface area contributed by atoms with Crippen LogP contribution in [-0.2, 0) is 11.3 Å². The van der Waals surface area contributed by atoms with Gasteiger partial charge in [-0.2, -0.15) is 0 Å². The lowest BCUT2D eigenvalue weighted by molar-refractivity contribution is 0.0784. The molecule has 1 aromatic heterocycles. The zero-order chi connectivity index (χ0) is 21.1.